The molecule has 0 saturated heterocycles. The van der Waals surface area contributed by atoms with Crippen LogP contribution < -0.4 is 15.4 Å². The number of rotatable bonds is 4. The summed E-state index contributed by atoms with van der Waals surface area (Å²) in [5.41, 5.74) is 4.14. The molecule has 0 fully saturated rings. The third-order valence-electron chi connectivity index (χ3n) is 3.90. The normalized spacial score (nSPS) is 21.4. The zero-order valence-corrected chi connectivity index (χ0v) is 11.3. The fourth-order valence-corrected chi connectivity index (χ4v) is 2.90. The van der Waals surface area contributed by atoms with Crippen LogP contribution in [0.2, 0.25) is 0 Å². The van der Waals surface area contributed by atoms with Crippen molar-refractivity contribution in [1.29, 1.82) is 0 Å². The van der Waals surface area contributed by atoms with Gasteiger partial charge in [-0.3, -0.25) is 0 Å². The van der Waals surface area contributed by atoms with Crippen LogP contribution in [0.15, 0.2) is 42.2 Å². The van der Waals surface area contributed by atoms with Crippen molar-refractivity contribution in [3.63, 3.8) is 0 Å². The van der Waals surface area contributed by atoms with Gasteiger partial charge in [0.05, 0.1) is 13.8 Å². The van der Waals surface area contributed by atoms with Gasteiger partial charge in [-0.25, -0.2) is 0 Å². The minimum atomic E-state index is 0.632. The van der Waals surface area contributed by atoms with Gasteiger partial charge in [-0.1, -0.05) is 18.2 Å². The topological polar surface area (TPSA) is 33.3 Å². The highest BCUT2D eigenvalue weighted by Crippen LogP contribution is 2.37. The number of ether oxygens (including phenoxy) is 1. The molecule has 0 spiro atoms. The lowest BCUT2D eigenvalue weighted by Gasteiger charge is -2.16. The van der Waals surface area contributed by atoms with Gasteiger partial charge in [0.25, 0.3) is 0 Å². The third-order valence-corrected chi connectivity index (χ3v) is 3.90. The maximum atomic E-state index is 5.22. The average Bonchev–Trinajstić information content (AvgIpc) is 3.11. The molecule has 3 heteroatoms. The highest BCUT2D eigenvalue weighted by molar-refractivity contribution is 5.69. The monoisotopic (exact) mass is 256 g/mol. The van der Waals surface area contributed by atoms with E-state index in [0.717, 1.165) is 18.8 Å². The number of allylic oxidation sites excluding steroid dienone is 3. The van der Waals surface area contributed by atoms with Crippen LogP contribution in [-0.4, -0.2) is 13.8 Å². The van der Waals surface area contributed by atoms with E-state index in [9.17, 15) is 0 Å². The summed E-state index contributed by atoms with van der Waals surface area (Å²) < 4.78 is 5.22. The first-order chi connectivity index (χ1) is 9.36. The van der Waals surface area contributed by atoms with Gasteiger partial charge in [0.2, 0.25) is 0 Å². The predicted molar refractivity (Wildman–Crippen MR) is 77.5 cm³/mol. The second-order valence-corrected chi connectivity index (χ2v) is 5.09. The van der Waals surface area contributed by atoms with Crippen LogP contribution in [0.1, 0.15) is 24.8 Å². The molecular weight excluding hydrogens is 236 g/mol. The van der Waals surface area contributed by atoms with Gasteiger partial charge in [-0.15, -0.1) is 0 Å². The zero-order valence-electron chi connectivity index (χ0n) is 11.3. The molecule has 1 aliphatic carbocycles. The molecule has 0 bridgehead atoms. The minimum absolute atomic E-state index is 0.632. The lowest BCUT2D eigenvalue weighted by molar-refractivity contribution is 0.414. The summed E-state index contributed by atoms with van der Waals surface area (Å²) in [4.78, 5) is 0. The molecule has 1 aliphatic heterocycles. The van der Waals surface area contributed by atoms with E-state index in [1.165, 1.54) is 29.7 Å². The van der Waals surface area contributed by atoms with Crippen LogP contribution in [-0.2, 0) is 0 Å². The Bertz CT molecular complexity index is 502. The van der Waals surface area contributed by atoms with Crippen LogP contribution in [0.5, 0.6) is 5.75 Å². The Labute approximate surface area is 114 Å². The number of methoxy groups -OCH3 is 1. The second-order valence-electron chi connectivity index (χ2n) is 5.09. The molecule has 3 nitrogen and oxygen atoms in total. The molecule has 1 aromatic carbocycles. The average molecular weight is 256 g/mol. The van der Waals surface area contributed by atoms with Crippen LogP contribution in [0, 0.1) is 5.92 Å². The van der Waals surface area contributed by atoms with E-state index in [-0.39, 0.29) is 0 Å². The SMILES string of the molecule is COc1ccc(C2=CCCC2CC2=CNCN2)cc1. The van der Waals surface area contributed by atoms with E-state index in [2.05, 4.69) is 35.0 Å². The van der Waals surface area contributed by atoms with Crippen molar-refractivity contribution in [1.82, 2.24) is 10.6 Å². The molecule has 2 N–H and O–H groups in total. The van der Waals surface area contributed by atoms with Crippen molar-refractivity contribution in [2.24, 2.45) is 5.92 Å². The van der Waals surface area contributed by atoms with Gasteiger partial charge < -0.3 is 15.4 Å². The quantitative estimate of drug-likeness (QED) is 0.869. The van der Waals surface area contributed by atoms with Crippen LogP contribution in [0.25, 0.3) is 5.57 Å². The molecule has 3 rings (SSSR count). The third kappa shape index (κ3) is 2.60. The molecule has 0 saturated carbocycles. The molecule has 2 aliphatic rings. The highest BCUT2D eigenvalue weighted by Gasteiger charge is 2.22. The Morgan fingerprint density at radius 1 is 1.26 bits per heavy atom. The Kier molecular flexibility index (Phi) is 3.45. The first kappa shape index (κ1) is 12.2. The second kappa shape index (κ2) is 5.39. The molecule has 1 atom stereocenters. The molecule has 0 aromatic heterocycles. The summed E-state index contributed by atoms with van der Waals surface area (Å²) in [6.07, 6.45) is 8.03. The van der Waals surface area contributed by atoms with E-state index in [1.807, 2.05) is 12.1 Å². The molecule has 1 unspecified atom stereocenters. The largest absolute Gasteiger partial charge is 0.497 e. The Hall–Kier alpha value is -1.90. The Morgan fingerprint density at radius 2 is 2.11 bits per heavy atom. The highest BCUT2D eigenvalue weighted by atomic mass is 16.5. The Morgan fingerprint density at radius 3 is 2.79 bits per heavy atom. The number of hydrogen-bond acceptors (Lipinski definition) is 3. The number of benzene rings is 1. The molecule has 19 heavy (non-hydrogen) atoms. The van der Waals surface area contributed by atoms with Gasteiger partial charge in [-0.2, -0.15) is 0 Å². The van der Waals surface area contributed by atoms with Gasteiger partial charge >= 0.3 is 0 Å². The van der Waals surface area contributed by atoms with Crippen LogP contribution in [0.3, 0.4) is 0 Å². The summed E-state index contributed by atoms with van der Waals surface area (Å²) in [7, 11) is 1.71. The molecule has 0 radical (unpaired) electrons. The molecule has 100 valence electrons. The number of hydrogen-bond donors (Lipinski definition) is 2. The zero-order chi connectivity index (χ0) is 13.1. The summed E-state index contributed by atoms with van der Waals surface area (Å²) in [5.74, 6) is 1.55. The lowest BCUT2D eigenvalue weighted by Crippen LogP contribution is -2.15. The summed E-state index contributed by atoms with van der Waals surface area (Å²) >= 11 is 0. The van der Waals surface area contributed by atoms with Crippen LogP contribution in [0.4, 0.5) is 0 Å². The van der Waals surface area contributed by atoms with E-state index in [0.29, 0.717) is 5.92 Å². The minimum Gasteiger partial charge on any atom is -0.497 e. The fraction of sp³-hybridized carbons (Fsp3) is 0.375. The van der Waals surface area contributed by atoms with Gasteiger partial charge in [0.1, 0.15) is 5.75 Å². The lowest BCUT2D eigenvalue weighted by atomic mass is 9.91. The van der Waals surface area contributed by atoms with Crippen molar-refractivity contribution < 1.29 is 4.74 Å². The van der Waals surface area contributed by atoms with E-state index >= 15 is 0 Å². The number of nitrogens with one attached hydrogen (secondary N) is 2. The molecule has 1 aromatic rings. The maximum Gasteiger partial charge on any atom is 0.118 e. The smallest absolute Gasteiger partial charge is 0.118 e. The van der Waals surface area contributed by atoms with Crippen LogP contribution >= 0.6 is 0 Å². The molecule has 1 heterocycles. The van der Waals surface area contributed by atoms with Gasteiger partial charge in [-0.05, 0) is 48.4 Å². The maximum absolute atomic E-state index is 5.22. The molecular formula is C16H20N2O. The van der Waals surface area contributed by atoms with Crippen molar-refractivity contribution in [3.05, 3.63) is 47.8 Å². The van der Waals surface area contributed by atoms with Crippen molar-refractivity contribution in [2.75, 3.05) is 13.8 Å². The summed E-state index contributed by atoms with van der Waals surface area (Å²) in [6, 6.07) is 8.41. The summed E-state index contributed by atoms with van der Waals surface area (Å²) in [5, 5.41) is 6.58. The first-order valence-corrected chi connectivity index (χ1v) is 6.87. The van der Waals surface area contributed by atoms with E-state index < -0.39 is 0 Å². The Balaban J connectivity index is 1.74. The summed E-state index contributed by atoms with van der Waals surface area (Å²) in [6.45, 7) is 0.865. The first-order valence-electron chi connectivity index (χ1n) is 6.87. The van der Waals surface area contributed by atoms with Crippen molar-refractivity contribution in [2.45, 2.75) is 19.3 Å². The predicted octanol–water partition coefficient (Wildman–Crippen LogP) is 2.87. The van der Waals surface area contributed by atoms with Gasteiger partial charge in [0.15, 0.2) is 0 Å². The fourth-order valence-electron chi connectivity index (χ4n) is 2.90. The standard InChI is InChI=1S/C16H20N2O/c1-19-15-7-5-12(6-8-15)16-4-2-3-13(16)9-14-10-17-11-18-14/h4-8,10,13,17-18H,2-3,9,11H2,1H3. The van der Waals surface area contributed by atoms with E-state index in [1.54, 1.807) is 7.11 Å². The molecule has 0 amide bonds. The van der Waals surface area contributed by atoms with Crippen molar-refractivity contribution >= 4 is 5.57 Å². The van der Waals surface area contributed by atoms with Gasteiger partial charge in [0, 0.05) is 11.9 Å². The van der Waals surface area contributed by atoms with E-state index in [4.69, 9.17) is 4.74 Å². The van der Waals surface area contributed by atoms with Crippen molar-refractivity contribution in [3.8, 4) is 5.75 Å².